The summed E-state index contributed by atoms with van der Waals surface area (Å²) in [6.07, 6.45) is -1.33. The van der Waals surface area contributed by atoms with Crippen LogP contribution in [0.25, 0.3) is 21.8 Å². The highest BCUT2D eigenvalue weighted by Gasteiger charge is 2.48. The third-order valence-corrected chi connectivity index (χ3v) is 4.52. The zero-order chi connectivity index (χ0) is 17.1. The van der Waals surface area contributed by atoms with Crippen molar-refractivity contribution in [3.63, 3.8) is 0 Å². The smallest absolute Gasteiger partial charge is 0.283 e. The van der Waals surface area contributed by atoms with Gasteiger partial charge in [0.05, 0.1) is 12.6 Å². The van der Waals surface area contributed by atoms with Crippen LogP contribution in [-0.2, 0) is 0 Å². The normalized spacial score (nSPS) is 23.9. The molecule has 2 heterocycles. The molecule has 0 bridgehead atoms. The SMILES string of the molecule is O[C@H]1CNCC(F)(F)[C@@H]1n1c2ccc(F)cc2c2cc(F)ccc21. The molecule has 1 aromatic heterocycles. The summed E-state index contributed by atoms with van der Waals surface area (Å²) in [7, 11) is 0. The molecule has 0 amide bonds. The van der Waals surface area contributed by atoms with Crippen molar-refractivity contribution in [3.8, 4) is 0 Å². The summed E-state index contributed by atoms with van der Waals surface area (Å²) in [5, 5.41) is 13.4. The molecular weight excluding hydrogens is 324 g/mol. The molecule has 0 saturated carbocycles. The Morgan fingerprint density at radius 3 is 2.04 bits per heavy atom. The predicted molar refractivity (Wildman–Crippen MR) is 82.2 cm³/mol. The Bertz CT molecular complexity index is 878. The van der Waals surface area contributed by atoms with Crippen LogP contribution in [-0.4, -0.2) is 34.8 Å². The molecule has 126 valence electrons. The molecule has 4 rings (SSSR count). The molecule has 0 unspecified atom stereocenters. The standard InChI is InChI=1S/C17H14F4N2O/c18-9-1-3-13-11(5-9)12-6-10(19)2-4-14(12)23(13)16-15(24)7-22-8-17(16,20)21/h1-6,15-16,22,24H,7-8H2/t15-,16+/m0/s1. The number of nitrogens with one attached hydrogen (secondary N) is 1. The highest BCUT2D eigenvalue weighted by atomic mass is 19.3. The number of aromatic nitrogens is 1. The summed E-state index contributed by atoms with van der Waals surface area (Å²) >= 11 is 0. The summed E-state index contributed by atoms with van der Waals surface area (Å²) in [6, 6.07) is 5.97. The molecule has 2 N–H and O–H groups in total. The van der Waals surface area contributed by atoms with Gasteiger partial charge in [-0.1, -0.05) is 0 Å². The first-order chi connectivity index (χ1) is 11.4. The predicted octanol–water partition coefficient (Wildman–Crippen LogP) is 3.21. The summed E-state index contributed by atoms with van der Waals surface area (Å²) in [6.45, 7) is -0.553. The van der Waals surface area contributed by atoms with Crippen molar-refractivity contribution in [1.29, 1.82) is 0 Å². The zero-order valence-electron chi connectivity index (χ0n) is 12.4. The van der Waals surface area contributed by atoms with Crippen molar-refractivity contribution in [1.82, 2.24) is 9.88 Å². The number of hydrogen-bond donors (Lipinski definition) is 2. The maximum Gasteiger partial charge on any atom is 0.283 e. The number of alkyl halides is 2. The molecule has 1 fully saturated rings. The Balaban J connectivity index is 2.10. The average molecular weight is 338 g/mol. The van der Waals surface area contributed by atoms with Gasteiger partial charge in [-0.05, 0) is 36.4 Å². The first-order valence-corrected chi connectivity index (χ1v) is 7.54. The third kappa shape index (κ3) is 2.19. The van der Waals surface area contributed by atoms with E-state index in [-0.39, 0.29) is 6.54 Å². The minimum Gasteiger partial charge on any atom is -0.389 e. The molecule has 3 nitrogen and oxygen atoms in total. The number of piperidine rings is 1. The zero-order valence-corrected chi connectivity index (χ0v) is 12.4. The molecule has 24 heavy (non-hydrogen) atoms. The molecule has 3 aromatic rings. The van der Waals surface area contributed by atoms with E-state index in [1.54, 1.807) is 0 Å². The number of aliphatic hydroxyl groups excluding tert-OH is 1. The first kappa shape index (κ1) is 15.4. The van der Waals surface area contributed by atoms with Gasteiger partial charge in [0.2, 0.25) is 0 Å². The van der Waals surface area contributed by atoms with E-state index in [4.69, 9.17) is 0 Å². The van der Waals surface area contributed by atoms with Crippen LogP contribution in [0.4, 0.5) is 17.6 Å². The van der Waals surface area contributed by atoms with E-state index in [1.807, 2.05) is 0 Å². The minimum atomic E-state index is -3.21. The van der Waals surface area contributed by atoms with Gasteiger partial charge in [0, 0.05) is 28.4 Å². The fourth-order valence-electron chi connectivity index (χ4n) is 3.54. The van der Waals surface area contributed by atoms with Gasteiger partial charge in [0.15, 0.2) is 0 Å². The van der Waals surface area contributed by atoms with Gasteiger partial charge in [-0.3, -0.25) is 0 Å². The van der Waals surface area contributed by atoms with E-state index in [0.29, 0.717) is 21.8 Å². The van der Waals surface area contributed by atoms with Crippen molar-refractivity contribution in [2.24, 2.45) is 0 Å². The van der Waals surface area contributed by atoms with Crippen molar-refractivity contribution in [3.05, 3.63) is 48.0 Å². The van der Waals surface area contributed by atoms with E-state index < -0.39 is 36.2 Å². The fourth-order valence-corrected chi connectivity index (χ4v) is 3.54. The number of fused-ring (bicyclic) bond motifs is 3. The number of aliphatic hydroxyl groups is 1. The average Bonchev–Trinajstić information content (AvgIpc) is 2.80. The van der Waals surface area contributed by atoms with E-state index >= 15 is 0 Å². The monoisotopic (exact) mass is 338 g/mol. The summed E-state index contributed by atoms with van der Waals surface area (Å²) in [4.78, 5) is 0. The molecule has 0 spiro atoms. The van der Waals surface area contributed by atoms with Crippen LogP contribution >= 0.6 is 0 Å². The van der Waals surface area contributed by atoms with Crippen molar-refractivity contribution in [2.45, 2.75) is 18.1 Å². The summed E-state index contributed by atoms with van der Waals surface area (Å²) < 4.78 is 57.6. The van der Waals surface area contributed by atoms with Crippen LogP contribution in [0.1, 0.15) is 6.04 Å². The molecule has 1 aliphatic rings. The van der Waals surface area contributed by atoms with Crippen molar-refractivity contribution >= 4 is 21.8 Å². The molecule has 0 radical (unpaired) electrons. The summed E-state index contributed by atoms with van der Waals surface area (Å²) in [5.74, 6) is -4.29. The third-order valence-electron chi connectivity index (χ3n) is 4.52. The number of halogens is 4. The quantitative estimate of drug-likeness (QED) is 0.669. The largest absolute Gasteiger partial charge is 0.389 e. The van der Waals surface area contributed by atoms with Crippen LogP contribution in [0.15, 0.2) is 36.4 Å². The second-order valence-electron chi connectivity index (χ2n) is 6.10. The Morgan fingerprint density at radius 2 is 1.54 bits per heavy atom. The van der Waals surface area contributed by atoms with Gasteiger partial charge in [-0.15, -0.1) is 0 Å². The second-order valence-corrected chi connectivity index (χ2v) is 6.10. The molecular formula is C17H14F4N2O. The molecule has 7 heteroatoms. The molecule has 2 atom stereocenters. The lowest BCUT2D eigenvalue weighted by atomic mass is 9.98. The second kappa shape index (κ2) is 5.19. The molecule has 2 aromatic carbocycles. The number of benzene rings is 2. The Morgan fingerprint density at radius 1 is 1.00 bits per heavy atom. The highest BCUT2D eigenvalue weighted by molar-refractivity contribution is 6.08. The van der Waals surface area contributed by atoms with Gasteiger partial charge in [-0.25, -0.2) is 17.6 Å². The Hall–Kier alpha value is -2.12. The lowest BCUT2D eigenvalue weighted by Crippen LogP contribution is -2.54. The van der Waals surface area contributed by atoms with E-state index in [0.717, 1.165) is 0 Å². The fraction of sp³-hybridized carbons (Fsp3) is 0.294. The summed E-state index contributed by atoms with van der Waals surface area (Å²) in [5.41, 5.74) is 0.672. The number of rotatable bonds is 1. The van der Waals surface area contributed by atoms with Gasteiger partial charge in [0.1, 0.15) is 17.7 Å². The van der Waals surface area contributed by atoms with Gasteiger partial charge >= 0.3 is 0 Å². The number of β-amino-alcohol motifs (C(OH)–C–C–N with tert-alkyl or cyclic N) is 1. The van der Waals surface area contributed by atoms with Gasteiger partial charge in [-0.2, -0.15) is 0 Å². The number of nitrogens with zero attached hydrogens (tertiary/aromatic N) is 1. The lowest BCUT2D eigenvalue weighted by molar-refractivity contribution is -0.110. The van der Waals surface area contributed by atoms with Crippen LogP contribution in [0.3, 0.4) is 0 Å². The van der Waals surface area contributed by atoms with Gasteiger partial charge in [0.25, 0.3) is 5.92 Å². The van der Waals surface area contributed by atoms with Gasteiger partial charge < -0.3 is 15.0 Å². The van der Waals surface area contributed by atoms with Crippen LogP contribution in [0.2, 0.25) is 0 Å². The van der Waals surface area contributed by atoms with E-state index in [9.17, 15) is 22.7 Å². The van der Waals surface area contributed by atoms with Crippen LogP contribution in [0, 0.1) is 11.6 Å². The van der Waals surface area contributed by atoms with Crippen LogP contribution < -0.4 is 5.32 Å². The molecule has 1 saturated heterocycles. The highest BCUT2D eigenvalue weighted by Crippen LogP contribution is 2.41. The first-order valence-electron chi connectivity index (χ1n) is 7.54. The number of hydrogen-bond acceptors (Lipinski definition) is 2. The lowest BCUT2D eigenvalue weighted by Gasteiger charge is -2.37. The minimum absolute atomic E-state index is 0.0177. The maximum absolute atomic E-state index is 14.5. The topological polar surface area (TPSA) is 37.2 Å². The van der Waals surface area contributed by atoms with Crippen molar-refractivity contribution in [2.75, 3.05) is 13.1 Å². The maximum atomic E-state index is 14.5. The Kier molecular flexibility index (Phi) is 3.33. The van der Waals surface area contributed by atoms with E-state index in [1.165, 1.54) is 41.0 Å². The van der Waals surface area contributed by atoms with Crippen LogP contribution in [0.5, 0.6) is 0 Å². The van der Waals surface area contributed by atoms with E-state index in [2.05, 4.69) is 5.32 Å². The Labute approximate surface area is 134 Å². The molecule has 0 aliphatic carbocycles. The molecule has 1 aliphatic heterocycles. The van der Waals surface area contributed by atoms with Crippen molar-refractivity contribution < 1.29 is 22.7 Å².